The van der Waals surface area contributed by atoms with Crippen LogP contribution < -0.4 is 5.32 Å². The number of ether oxygens (including phenoxy) is 2. The second-order valence-corrected chi connectivity index (χ2v) is 13.6. The largest absolute Gasteiger partial charge is 0.455 e. The summed E-state index contributed by atoms with van der Waals surface area (Å²) in [6.07, 6.45) is 5.81. The quantitative estimate of drug-likeness (QED) is 0.179. The summed E-state index contributed by atoms with van der Waals surface area (Å²) in [6.45, 7) is 15.9. The highest BCUT2D eigenvalue weighted by Crippen LogP contribution is 2.59. The maximum absolute atomic E-state index is 14.6. The van der Waals surface area contributed by atoms with E-state index in [-0.39, 0.29) is 36.7 Å². The van der Waals surface area contributed by atoms with E-state index in [1.54, 1.807) is 24.0 Å². The Labute approximate surface area is 279 Å². The van der Waals surface area contributed by atoms with Crippen LogP contribution in [0.4, 0.5) is 0 Å². The van der Waals surface area contributed by atoms with Crippen LogP contribution in [0.2, 0.25) is 0 Å². The van der Waals surface area contributed by atoms with Gasteiger partial charge in [-0.2, -0.15) is 0 Å². The summed E-state index contributed by atoms with van der Waals surface area (Å²) in [5, 5.41) is 13.5. The van der Waals surface area contributed by atoms with Crippen LogP contribution in [0, 0.1) is 17.8 Å². The zero-order valence-electron chi connectivity index (χ0n) is 28.4. The Balaban J connectivity index is 1.70. The Kier molecular flexibility index (Phi) is 12.4. The molecule has 3 saturated heterocycles. The van der Waals surface area contributed by atoms with Crippen LogP contribution in [-0.2, 0) is 28.7 Å². The monoisotopic (exact) mass is 651 g/mol. The SMILES string of the molecule is C=CCCC(=O)N[C@@H](C)[C@H](OC(=O)[C@@H]1[C@@H]2CC[C@]3(O2)[C@H](C(=O)N(CC=C)CCCC)N([C@@H](CO)CC(C)C)C(=O)[C@@H]13)c1ccccc1. The minimum atomic E-state index is -1.22. The molecule has 0 aromatic heterocycles. The number of amides is 3. The highest BCUT2D eigenvalue weighted by molar-refractivity contribution is 5.98. The molecule has 47 heavy (non-hydrogen) atoms. The molecule has 10 nitrogen and oxygen atoms in total. The predicted molar refractivity (Wildman–Crippen MR) is 179 cm³/mol. The van der Waals surface area contributed by atoms with E-state index in [4.69, 9.17) is 9.47 Å². The first-order valence-electron chi connectivity index (χ1n) is 17.2. The molecule has 3 heterocycles. The fourth-order valence-corrected chi connectivity index (χ4v) is 7.76. The third-order valence-electron chi connectivity index (χ3n) is 9.82. The van der Waals surface area contributed by atoms with Crippen molar-refractivity contribution in [2.24, 2.45) is 17.8 Å². The summed E-state index contributed by atoms with van der Waals surface area (Å²) in [4.78, 5) is 59.2. The molecule has 3 aliphatic heterocycles. The normalized spacial score (nSPS) is 26.4. The van der Waals surface area contributed by atoms with Gasteiger partial charge in [0.15, 0.2) is 0 Å². The van der Waals surface area contributed by atoms with Crippen LogP contribution in [0.3, 0.4) is 0 Å². The maximum atomic E-state index is 14.6. The lowest BCUT2D eigenvalue weighted by atomic mass is 9.70. The summed E-state index contributed by atoms with van der Waals surface area (Å²) < 4.78 is 12.9. The number of nitrogens with one attached hydrogen (secondary N) is 1. The van der Waals surface area contributed by atoms with E-state index in [0.29, 0.717) is 44.3 Å². The van der Waals surface area contributed by atoms with Gasteiger partial charge in [0.25, 0.3) is 0 Å². The number of nitrogens with zero attached hydrogens (tertiary/aromatic N) is 2. The fourth-order valence-electron chi connectivity index (χ4n) is 7.76. The standard InChI is InChI=1S/C37H53N3O7/c1-7-10-17-29(42)38-25(6)32(26-15-13-12-14-16-26)46-36(45)30-28-18-19-37(47-28)31(30)34(43)40(27(23-41)22-24(4)5)33(37)35(44)39(20-9-3)21-11-8-2/h7,9,12-16,24-25,27-28,30-33,41H,1,3,8,10-11,17-23H2,2,4-6H3,(H,38,42)/t25-,27+,28-,30+,31+,32-,33-,37+/m0/s1. The number of unbranched alkanes of at least 4 members (excludes halogenated alkanes) is 1. The van der Waals surface area contributed by atoms with Gasteiger partial charge in [-0.25, -0.2) is 0 Å². The fraction of sp³-hybridized carbons (Fsp3) is 0.622. The lowest BCUT2D eigenvalue weighted by molar-refractivity contribution is -0.162. The van der Waals surface area contributed by atoms with Crippen LogP contribution in [0.1, 0.15) is 84.3 Å². The molecule has 1 aromatic carbocycles. The van der Waals surface area contributed by atoms with E-state index in [1.807, 2.05) is 44.2 Å². The van der Waals surface area contributed by atoms with Crippen molar-refractivity contribution < 1.29 is 33.8 Å². The average Bonchev–Trinajstić information content (AvgIpc) is 3.70. The molecule has 3 aliphatic rings. The summed E-state index contributed by atoms with van der Waals surface area (Å²) in [5.41, 5.74) is -0.512. The molecule has 3 fully saturated rings. The maximum Gasteiger partial charge on any atom is 0.313 e. The molecule has 0 radical (unpaired) electrons. The number of likely N-dealkylation sites (tertiary alicyclic amines) is 1. The second-order valence-electron chi connectivity index (χ2n) is 13.6. The van der Waals surface area contributed by atoms with E-state index in [2.05, 4.69) is 25.4 Å². The molecule has 4 rings (SSSR count). The van der Waals surface area contributed by atoms with Gasteiger partial charge < -0.3 is 29.7 Å². The average molecular weight is 652 g/mol. The summed E-state index contributed by atoms with van der Waals surface area (Å²) in [6, 6.07) is 7.04. The van der Waals surface area contributed by atoms with Crippen molar-refractivity contribution in [1.29, 1.82) is 0 Å². The molecule has 1 spiro atoms. The number of esters is 1. The van der Waals surface area contributed by atoms with Gasteiger partial charge >= 0.3 is 5.97 Å². The molecule has 0 unspecified atom stereocenters. The summed E-state index contributed by atoms with van der Waals surface area (Å²) in [5.74, 6) is -3.12. The van der Waals surface area contributed by atoms with Crippen molar-refractivity contribution in [2.45, 2.75) is 109 Å². The third-order valence-corrected chi connectivity index (χ3v) is 9.82. The smallest absolute Gasteiger partial charge is 0.313 e. The third kappa shape index (κ3) is 7.49. The molecular weight excluding hydrogens is 598 g/mol. The number of aliphatic hydroxyl groups is 1. The van der Waals surface area contributed by atoms with Crippen LogP contribution in [-0.4, -0.2) is 88.1 Å². The van der Waals surface area contributed by atoms with E-state index < -0.39 is 53.7 Å². The molecule has 2 bridgehead atoms. The minimum absolute atomic E-state index is 0.144. The van der Waals surface area contributed by atoms with Gasteiger partial charge in [-0.1, -0.05) is 69.7 Å². The van der Waals surface area contributed by atoms with E-state index in [1.165, 1.54) is 4.90 Å². The van der Waals surface area contributed by atoms with Crippen LogP contribution >= 0.6 is 0 Å². The van der Waals surface area contributed by atoms with Crippen molar-refractivity contribution in [3.05, 3.63) is 61.2 Å². The molecular formula is C37H53N3O7. The van der Waals surface area contributed by atoms with Gasteiger partial charge in [0.2, 0.25) is 17.7 Å². The molecule has 2 N–H and O–H groups in total. The van der Waals surface area contributed by atoms with E-state index in [9.17, 15) is 24.3 Å². The molecule has 258 valence electrons. The number of hydrogen-bond acceptors (Lipinski definition) is 7. The van der Waals surface area contributed by atoms with Crippen molar-refractivity contribution >= 4 is 23.7 Å². The van der Waals surface area contributed by atoms with Crippen molar-refractivity contribution in [2.75, 3.05) is 19.7 Å². The molecule has 10 heteroatoms. The Morgan fingerprint density at radius 3 is 2.53 bits per heavy atom. The van der Waals surface area contributed by atoms with Gasteiger partial charge in [-0.3, -0.25) is 19.2 Å². The van der Waals surface area contributed by atoms with Gasteiger partial charge in [-0.05, 0) is 50.5 Å². The van der Waals surface area contributed by atoms with Crippen LogP contribution in [0.25, 0.3) is 0 Å². The number of fused-ring (bicyclic) bond motifs is 1. The van der Waals surface area contributed by atoms with E-state index in [0.717, 1.165) is 12.8 Å². The Bertz CT molecular complexity index is 1290. The number of aliphatic hydroxyl groups excluding tert-OH is 1. The zero-order valence-corrected chi connectivity index (χ0v) is 28.4. The van der Waals surface area contributed by atoms with Crippen LogP contribution in [0.5, 0.6) is 0 Å². The van der Waals surface area contributed by atoms with Crippen LogP contribution in [0.15, 0.2) is 55.6 Å². The number of hydrogen-bond donors (Lipinski definition) is 2. The zero-order chi connectivity index (χ0) is 34.3. The predicted octanol–water partition coefficient (Wildman–Crippen LogP) is 4.34. The van der Waals surface area contributed by atoms with Gasteiger partial charge in [0, 0.05) is 19.5 Å². The molecule has 0 saturated carbocycles. The lowest BCUT2D eigenvalue weighted by Crippen LogP contribution is -2.59. The topological polar surface area (TPSA) is 125 Å². The first-order valence-corrected chi connectivity index (χ1v) is 17.2. The van der Waals surface area contributed by atoms with Gasteiger partial charge in [0.05, 0.1) is 36.6 Å². The van der Waals surface area contributed by atoms with Gasteiger partial charge in [0.1, 0.15) is 17.7 Å². The highest BCUT2D eigenvalue weighted by Gasteiger charge is 2.75. The van der Waals surface area contributed by atoms with Gasteiger partial charge in [-0.15, -0.1) is 13.2 Å². The van der Waals surface area contributed by atoms with E-state index >= 15 is 0 Å². The summed E-state index contributed by atoms with van der Waals surface area (Å²) in [7, 11) is 0. The van der Waals surface area contributed by atoms with Crippen molar-refractivity contribution in [3.8, 4) is 0 Å². The first-order chi connectivity index (χ1) is 22.5. The number of allylic oxidation sites excluding steroid dienone is 1. The second kappa shape index (κ2) is 16.1. The molecule has 8 atom stereocenters. The van der Waals surface area contributed by atoms with Crippen molar-refractivity contribution in [1.82, 2.24) is 15.1 Å². The number of carbonyl (C=O) groups is 4. The molecule has 0 aliphatic carbocycles. The molecule has 1 aromatic rings. The Morgan fingerprint density at radius 1 is 1.19 bits per heavy atom. The van der Waals surface area contributed by atoms with Crippen molar-refractivity contribution in [3.63, 3.8) is 0 Å². The Morgan fingerprint density at radius 2 is 1.91 bits per heavy atom. The number of benzene rings is 1. The highest BCUT2D eigenvalue weighted by atomic mass is 16.6. The lowest BCUT2D eigenvalue weighted by Gasteiger charge is -2.39. The molecule has 3 amide bonds. The minimum Gasteiger partial charge on any atom is -0.455 e. The number of rotatable bonds is 18. The number of carbonyl (C=O) groups excluding carboxylic acids is 4. The first kappa shape index (κ1) is 36.3. The summed E-state index contributed by atoms with van der Waals surface area (Å²) >= 11 is 0. The Hall–Kier alpha value is -3.50.